The highest BCUT2D eigenvalue weighted by Crippen LogP contribution is 2.33. The Bertz CT molecular complexity index is 390. The number of hydrogen-bond acceptors (Lipinski definition) is 4. The van der Waals surface area contributed by atoms with Crippen molar-refractivity contribution >= 4 is 12.1 Å². The van der Waals surface area contributed by atoms with Crippen LogP contribution in [0.4, 0.5) is 4.79 Å². The van der Waals surface area contributed by atoms with Crippen LogP contribution in [-0.2, 0) is 14.3 Å². The van der Waals surface area contributed by atoms with Crippen molar-refractivity contribution in [1.29, 1.82) is 0 Å². The Morgan fingerprint density at radius 3 is 2.60 bits per heavy atom. The molecule has 20 heavy (non-hydrogen) atoms. The number of carbonyl (C=O) groups is 2. The Kier molecular flexibility index (Phi) is 4.22. The van der Waals surface area contributed by atoms with Crippen molar-refractivity contribution < 1.29 is 24.2 Å². The van der Waals surface area contributed by atoms with E-state index in [2.05, 4.69) is 0 Å². The van der Waals surface area contributed by atoms with E-state index in [0.717, 1.165) is 12.8 Å². The van der Waals surface area contributed by atoms with Gasteiger partial charge in [-0.05, 0) is 40.0 Å². The van der Waals surface area contributed by atoms with Crippen LogP contribution in [0, 0.1) is 5.92 Å². The number of carbonyl (C=O) groups excluding carboxylic acids is 1. The molecule has 0 radical (unpaired) electrons. The van der Waals surface area contributed by atoms with Crippen LogP contribution in [0.5, 0.6) is 0 Å². The quantitative estimate of drug-likeness (QED) is 0.796. The lowest BCUT2D eigenvalue weighted by Crippen LogP contribution is -2.59. The molecule has 3 atom stereocenters. The van der Waals surface area contributed by atoms with E-state index in [9.17, 15) is 14.7 Å². The monoisotopic (exact) mass is 285 g/mol. The molecule has 2 saturated heterocycles. The van der Waals surface area contributed by atoms with E-state index in [1.54, 1.807) is 4.90 Å². The molecular weight excluding hydrogens is 262 g/mol. The summed E-state index contributed by atoms with van der Waals surface area (Å²) in [5.74, 6) is -1.37. The molecule has 1 N–H and O–H groups in total. The minimum absolute atomic E-state index is 0.187. The first-order valence-corrected chi connectivity index (χ1v) is 7.13. The van der Waals surface area contributed by atoms with Crippen LogP contribution in [0.3, 0.4) is 0 Å². The predicted octanol–water partition coefficient (Wildman–Crippen LogP) is 1.88. The third-order valence-corrected chi connectivity index (χ3v) is 3.76. The standard InChI is InChI=1S/C14H23NO5/c1-14(2,3)20-13(18)15-7-6-9(12(16)17)11-10(15)5-4-8-19-11/h9-11H,4-8H2,1-3H3,(H,16,17)/t9-,10-,11-/m0/s1. The molecule has 0 aromatic rings. The van der Waals surface area contributed by atoms with Gasteiger partial charge in [0.2, 0.25) is 0 Å². The summed E-state index contributed by atoms with van der Waals surface area (Å²) in [6, 6.07) is -0.187. The van der Waals surface area contributed by atoms with Gasteiger partial charge in [-0.25, -0.2) is 4.79 Å². The molecule has 0 unspecified atom stereocenters. The number of carboxylic acid groups (broad SMARTS) is 1. The highest BCUT2D eigenvalue weighted by molar-refractivity contribution is 5.73. The minimum atomic E-state index is -0.842. The summed E-state index contributed by atoms with van der Waals surface area (Å²) in [5, 5.41) is 9.27. The van der Waals surface area contributed by atoms with Crippen LogP contribution < -0.4 is 0 Å². The number of aliphatic carboxylic acids is 1. The van der Waals surface area contributed by atoms with E-state index in [1.807, 2.05) is 20.8 Å². The topological polar surface area (TPSA) is 76.1 Å². The lowest BCUT2D eigenvalue weighted by Gasteiger charge is -2.46. The maximum atomic E-state index is 12.2. The molecule has 6 nitrogen and oxygen atoms in total. The van der Waals surface area contributed by atoms with Crippen LogP contribution in [-0.4, -0.2) is 53.0 Å². The van der Waals surface area contributed by atoms with Gasteiger partial charge in [-0.3, -0.25) is 4.79 Å². The maximum absolute atomic E-state index is 12.2. The first kappa shape index (κ1) is 15.1. The van der Waals surface area contributed by atoms with Crippen molar-refractivity contribution in [3.05, 3.63) is 0 Å². The van der Waals surface area contributed by atoms with Gasteiger partial charge >= 0.3 is 12.1 Å². The first-order chi connectivity index (χ1) is 9.29. The largest absolute Gasteiger partial charge is 0.481 e. The fraction of sp³-hybridized carbons (Fsp3) is 0.857. The summed E-state index contributed by atoms with van der Waals surface area (Å²) in [6.45, 7) is 6.45. The van der Waals surface area contributed by atoms with Crippen molar-refractivity contribution in [2.45, 2.75) is 57.8 Å². The Balaban J connectivity index is 2.12. The summed E-state index contributed by atoms with van der Waals surface area (Å²) < 4.78 is 11.0. The van der Waals surface area contributed by atoms with E-state index >= 15 is 0 Å². The van der Waals surface area contributed by atoms with Gasteiger partial charge in [-0.15, -0.1) is 0 Å². The fourth-order valence-electron chi connectivity index (χ4n) is 2.92. The van der Waals surface area contributed by atoms with Crippen LogP contribution in [0.2, 0.25) is 0 Å². The number of fused-ring (bicyclic) bond motifs is 1. The van der Waals surface area contributed by atoms with Gasteiger partial charge in [0.25, 0.3) is 0 Å². The van der Waals surface area contributed by atoms with E-state index in [4.69, 9.17) is 9.47 Å². The van der Waals surface area contributed by atoms with Gasteiger partial charge in [0.1, 0.15) is 5.60 Å². The minimum Gasteiger partial charge on any atom is -0.481 e. The van der Waals surface area contributed by atoms with Crippen LogP contribution >= 0.6 is 0 Å². The third kappa shape index (κ3) is 3.23. The average molecular weight is 285 g/mol. The van der Waals surface area contributed by atoms with E-state index in [0.29, 0.717) is 19.6 Å². The average Bonchev–Trinajstić information content (AvgIpc) is 2.35. The van der Waals surface area contributed by atoms with Gasteiger partial charge in [-0.1, -0.05) is 0 Å². The maximum Gasteiger partial charge on any atom is 0.410 e. The smallest absolute Gasteiger partial charge is 0.410 e. The number of amides is 1. The zero-order valence-corrected chi connectivity index (χ0v) is 12.3. The Morgan fingerprint density at radius 1 is 1.30 bits per heavy atom. The van der Waals surface area contributed by atoms with Crippen molar-refractivity contribution in [3.8, 4) is 0 Å². The summed E-state index contributed by atoms with van der Waals surface area (Å²) in [7, 11) is 0. The number of carboxylic acids is 1. The fourth-order valence-corrected chi connectivity index (χ4v) is 2.92. The lowest BCUT2D eigenvalue weighted by molar-refractivity contribution is -0.160. The number of hydrogen-bond donors (Lipinski definition) is 1. The number of rotatable bonds is 1. The highest BCUT2D eigenvalue weighted by Gasteiger charge is 2.46. The lowest BCUT2D eigenvalue weighted by atomic mass is 9.84. The number of ether oxygens (including phenoxy) is 2. The van der Waals surface area contributed by atoms with Crippen molar-refractivity contribution in [2.24, 2.45) is 5.92 Å². The number of nitrogens with zero attached hydrogens (tertiary/aromatic N) is 1. The molecule has 1 amide bonds. The van der Waals surface area contributed by atoms with Crippen LogP contribution in [0.1, 0.15) is 40.0 Å². The van der Waals surface area contributed by atoms with Gasteiger partial charge in [-0.2, -0.15) is 0 Å². The molecule has 114 valence electrons. The van der Waals surface area contributed by atoms with Gasteiger partial charge in [0.05, 0.1) is 18.1 Å². The summed E-state index contributed by atoms with van der Waals surface area (Å²) >= 11 is 0. The van der Waals surface area contributed by atoms with Crippen molar-refractivity contribution in [2.75, 3.05) is 13.2 Å². The molecule has 0 aromatic heterocycles. The summed E-state index contributed by atoms with van der Waals surface area (Å²) in [6.07, 6.45) is 1.24. The summed E-state index contributed by atoms with van der Waals surface area (Å²) in [5.41, 5.74) is -0.550. The summed E-state index contributed by atoms with van der Waals surface area (Å²) in [4.78, 5) is 25.2. The molecule has 2 heterocycles. The Labute approximate surface area is 119 Å². The van der Waals surface area contributed by atoms with E-state index in [-0.39, 0.29) is 12.1 Å². The molecule has 0 saturated carbocycles. The van der Waals surface area contributed by atoms with Gasteiger partial charge in [0, 0.05) is 13.2 Å². The number of piperidine rings is 1. The SMILES string of the molecule is CC(C)(C)OC(=O)N1CC[C@H](C(=O)O)[C@@H]2OCCC[C@@H]21. The predicted molar refractivity (Wildman–Crippen MR) is 71.4 cm³/mol. The molecule has 2 fully saturated rings. The second-order valence-electron chi connectivity index (χ2n) is 6.45. The molecule has 0 spiro atoms. The molecule has 6 heteroatoms. The molecule has 0 aromatic carbocycles. The van der Waals surface area contributed by atoms with Gasteiger partial charge in [0.15, 0.2) is 0 Å². The first-order valence-electron chi connectivity index (χ1n) is 7.13. The third-order valence-electron chi connectivity index (χ3n) is 3.76. The molecule has 2 aliphatic heterocycles. The van der Waals surface area contributed by atoms with Crippen molar-refractivity contribution in [1.82, 2.24) is 4.90 Å². The molecular formula is C14H23NO5. The highest BCUT2D eigenvalue weighted by atomic mass is 16.6. The zero-order chi connectivity index (χ0) is 14.9. The molecule has 2 rings (SSSR count). The van der Waals surface area contributed by atoms with Crippen molar-refractivity contribution in [3.63, 3.8) is 0 Å². The Hall–Kier alpha value is -1.30. The zero-order valence-electron chi connectivity index (χ0n) is 12.3. The second-order valence-corrected chi connectivity index (χ2v) is 6.45. The van der Waals surface area contributed by atoms with Gasteiger partial charge < -0.3 is 19.5 Å². The molecule has 0 aliphatic carbocycles. The Morgan fingerprint density at radius 2 is 2.00 bits per heavy atom. The van der Waals surface area contributed by atoms with Crippen LogP contribution in [0.15, 0.2) is 0 Å². The van der Waals surface area contributed by atoms with E-state index in [1.165, 1.54) is 0 Å². The normalized spacial score (nSPS) is 30.6. The second kappa shape index (κ2) is 5.60. The number of likely N-dealkylation sites (tertiary alicyclic amines) is 1. The van der Waals surface area contributed by atoms with E-state index < -0.39 is 23.6 Å². The van der Waals surface area contributed by atoms with Crippen LogP contribution in [0.25, 0.3) is 0 Å². The molecule has 0 bridgehead atoms. The molecule has 2 aliphatic rings.